The van der Waals surface area contributed by atoms with Crippen LogP contribution >= 0.6 is 11.6 Å². The first kappa shape index (κ1) is 22.2. The summed E-state index contributed by atoms with van der Waals surface area (Å²) in [5.74, 6) is 0.0928. The van der Waals surface area contributed by atoms with Crippen LogP contribution in [0.1, 0.15) is 43.0 Å². The Balaban J connectivity index is 1.72. The van der Waals surface area contributed by atoms with Crippen molar-refractivity contribution in [3.63, 3.8) is 0 Å². The van der Waals surface area contributed by atoms with E-state index in [1.807, 2.05) is 54.6 Å². The molecule has 4 nitrogen and oxygen atoms in total. The molecule has 2 aliphatic rings. The van der Waals surface area contributed by atoms with Crippen molar-refractivity contribution in [3.8, 4) is 0 Å². The van der Waals surface area contributed by atoms with E-state index in [9.17, 15) is 4.79 Å². The Kier molecular flexibility index (Phi) is 5.41. The molecule has 0 spiro atoms. The minimum Gasteiger partial charge on any atom is -0.305 e. The molecule has 0 unspecified atom stereocenters. The van der Waals surface area contributed by atoms with Crippen LogP contribution in [0.15, 0.2) is 89.0 Å². The Labute approximate surface area is 205 Å². The standard InChI is InChI=1S/C29H26ClN3O/c1-29(2,3)21-16-14-19(15-17-21)18-24-22-12-8-9-13-23(22)31-27-28(34)32(4)25(26(30)33(24)27)20-10-6-5-7-11-20/h5-18H,1-4H3/b24-18+. The molecule has 5 heteroatoms. The summed E-state index contributed by atoms with van der Waals surface area (Å²) in [4.78, 5) is 21.6. The van der Waals surface area contributed by atoms with Gasteiger partial charge >= 0.3 is 0 Å². The van der Waals surface area contributed by atoms with E-state index in [4.69, 9.17) is 16.6 Å². The number of hydrogen-bond acceptors (Lipinski definition) is 3. The maximum absolute atomic E-state index is 13.5. The largest absolute Gasteiger partial charge is 0.305 e. The molecular weight excluding hydrogens is 442 g/mol. The summed E-state index contributed by atoms with van der Waals surface area (Å²) in [5, 5.41) is 0.444. The van der Waals surface area contributed by atoms with Gasteiger partial charge < -0.3 is 4.90 Å². The van der Waals surface area contributed by atoms with Crippen LogP contribution < -0.4 is 0 Å². The summed E-state index contributed by atoms with van der Waals surface area (Å²) in [6, 6.07) is 26.1. The van der Waals surface area contributed by atoms with Gasteiger partial charge in [0.2, 0.25) is 5.84 Å². The molecule has 0 atom stereocenters. The van der Waals surface area contributed by atoms with Crippen molar-refractivity contribution in [1.82, 2.24) is 9.80 Å². The Morgan fingerprint density at radius 1 is 0.882 bits per heavy atom. The quantitative estimate of drug-likeness (QED) is 0.386. The normalized spacial score (nSPS) is 17.0. The third kappa shape index (κ3) is 3.74. The van der Waals surface area contributed by atoms with Crippen LogP contribution in [0.5, 0.6) is 0 Å². The highest BCUT2D eigenvalue weighted by Gasteiger charge is 2.40. The van der Waals surface area contributed by atoms with Crippen molar-refractivity contribution in [1.29, 1.82) is 0 Å². The minimum atomic E-state index is -0.202. The smallest absolute Gasteiger partial charge is 0.294 e. The number of para-hydroxylation sites is 1. The van der Waals surface area contributed by atoms with Crippen LogP contribution in [-0.4, -0.2) is 28.6 Å². The molecule has 0 fully saturated rings. The lowest BCUT2D eigenvalue weighted by Crippen LogP contribution is -2.47. The van der Waals surface area contributed by atoms with Gasteiger partial charge in [0.05, 0.1) is 17.1 Å². The predicted octanol–water partition coefficient (Wildman–Crippen LogP) is 6.86. The highest BCUT2D eigenvalue weighted by molar-refractivity contribution is 6.48. The molecule has 0 radical (unpaired) electrons. The van der Waals surface area contributed by atoms with Gasteiger partial charge in [-0.25, -0.2) is 4.99 Å². The van der Waals surface area contributed by atoms with Gasteiger partial charge in [0, 0.05) is 18.2 Å². The molecule has 0 saturated heterocycles. The lowest BCUT2D eigenvalue weighted by atomic mass is 9.86. The lowest BCUT2D eigenvalue weighted by Gasteiger charge is -2.39. The average Bonchev–Trinajstić information content (AvgIpc) is 2.83. The van der Waals surface area contributed by atoms with Crippen LogP contribution in [0.2, 0.25) is 0 Å². The number of likely N-dealkylation sites (N-methyl/N-ethyl adjacent to an activating group) is 1. The van der Waals surface area contributed by atoms with Gasteiger partial charge in [0.15, 0.2) is 0 Å². The first-order valence-electron chi connectivity index (χ1n) is 11.3. The lowest BCUT2D eigenvalue weighted by molar-refractivity contribution is -0.121. The summed E-state index contributed by atoms with van der Waals surface area (Å²) >= 11 is 7.05. The molecule has 2 aliphatic heterocycles. The highest BCUT2D eigenvalue weighted by atomic mass is 35.5. The predicted molar refractivity (Wildman–Crippen MR) is 140 cm³/mol. The number of fused-ring (bicyclic) bond motifs is 2. The minimum absolute atomic E-state index is 0.0729. The fraction of sp³-hybridized carbons (Fsp3) is 0.172. The molecule has 0 N–H and O–H groups in total. The van der Waals surface area contributed by atoms with Gasteiger partial charge in [-0.15, -0.1) is 0 Å². The fourth-order valence-corrected chi connectivity index (χ4v) is 4.72. The molecule has 0 saturated carbocycles. The maximum atomic E-state index is 13.5. The number of carbonyl (C=O) groups excluding carboxylic acids is 1. The zero-order valence-electron chi connectivity index (χ0n) is 19.7. The molecular formula is C29H26ClN3O. The van der Waals surface area contributed by atoms with E-state index < -0.39 is 0 Å². The highest BCUT2D eigenvalue weighted by Crippen LogP contribution is 2.43. The van der Waals surface area contributed by atoms with E-state index in [1.165, 1.54) is 5.56 Å². The van der Waals surface area contributed by atoms with Crippen LogP contribution in [0, 0.1) is 0 Å². The van der Waals surface area contributed by atoms with E-state index in [0.717, 1.165) is 28.1 Å². The van der Waals surface area contributed by atoms with Gasteiger partial charge in [-0.05, 0) is 28.7 Å². The molecule has 0 bridgehead atoms. The van der Waals surface area contributed by atoms with Crippen LogP contribution in [0.3, 0.4) is 0 Å². The fourth-order valence-electron chi connectivity index (χ4n) is 4.31. The van der Waals surface area contributed by atoms with E-state index in [1.54, 1.807) is 16.8 Å². The van der Waals surface area contributed by atoms with E-state index in [-0.39, 0.29) is 11.3 Å². The Bertz CT molecular complexity index is 1360. The Morgan fingerprint density at radius 2 is 1.53 bits per heavy atom. The molecule has 3 aromatic carbocycles. The molecule has 1 amide bonds. The molecule has 34 heavy (non-hydrogen) atoms. The second-order valence-corrected chi connectivity index (χ2v) is 9.92. The molecule has 3 aromatic rings. The first-order chi connectivity index (χ1) is 16.3. The Morgan fingerprint density at radius 3 is 2.21 bits per heavy atom. The van der Waals surface area contributed by atoms with Gasteiger partial charge in [-0.1, -0.05) is 105 Å². The van der Waals surface area contributed by atoms with Crippen molar-refractivity contribution in [2.45, 2.75) is 26.2 Å². The van der Waals surface area contributed by atoms with Crippen LogP contribution in [0.25, 0.3) is 17.5 Å². The van der Waals surface area contributed by atoms with Gasteiger partial charge in [-0.2, -0.15) is 0 Å². The summed E-state index contributed by atoms with van der Waals surface area (Å²) in [7, 11) is 1.74. The second kappa shape index (κ2) is 8.30. The van der Waals surface area contributed by atoms with Crippen LogP contribution in [-0.2, 0) is 10.2 Å². The van der Waals surface area contributed by atoms with Crippen molar-refractivity contribution < 1.29 is 4.79 Å². The zero-order chi connectivity index (χ0) is 24.0. The maximum Gasteiger partial charge on any atom is 0.294 e. The molecule has 5 rings (SSSR count). The average molecular weight is 468 g/mol. The number of halogens is 1. The molecule has 0 aromatic heterocycles. The number of amidine groups is 1. The van der Waals surface area contributed by atoms with Crippen molar-refractivity contribution in [2.75, 3.05) is 7.05 Å². The third-order valence-corrected chi connectivity index (χ3v) is 6.56. The summed E-state index contributed by atoms with van der Waals surface area (Å²) < 4.78 is 0. The first-order valence-corrected chi connectivity index (χ1v) is 11.7. The summed E-state index contributed by atoms with van der Waals surface area (Å²) in [5.41, 5.74) is 6.38. The van der Waals surface area contributed by atoms with Crippen LogP contribution in [0.4, 0.5) is 5.69 Å². The number of aliphatic imine (C=N–C) groups is 1. The number of benzene rings is 3. The number of rotatable bonds is 2. The second-order valence-electron chi connectivity index (χ2n) is 9.56. The van der Waals surface area contributed by atoms with E-state index >= 15 is 0 Å². The molecule has 170 valence electrons. The van der Waals surface area contributed by atoms with Gasteiger partial charge in [0.25, 0.3) is 5.91 Å². The number of nitrogens with zero attached hydrogens (tertiary/aromatic N) is 3. The third-order valence-electron chi connectivity index (χ3n) is 6.21. The molecule has 2 heterocycles. The monoisotopic (exact) mass is 467 g/mol. The number of hydrogen-bond donors (Lipinski definition) is 0. The summed E-state index contributed by atoms with van der Waals surface area (Å²) in [6.07, 6.45) is 2.07. The number of carbonyl (C=O) groups is 1. The SMILES string of the molecule is CN1C(=O)C2=Nc3ccccc3/C(=C\c3ccc(C(C)(C)C)cc3)N2C(Cl)=C1c1ccccc1. The summed E-state index contributed by atoms with van der Waals surface area (Å²) in [6.45, 7) is 6.60. The number of amides is 1. The van der Waals surface area contributed by atoms with E-state index in [2.05, 4.69) is 51.1 Å². The molecule has 0 aliphatic carbocycles. The topological polar surface area (TPSA) is 35.9 Å². The van der Waals surface area contributed by atoms with Gasteiger partial charge in [-0.3, -0.25) is 9.69 Å². The van der Waals surface area contributed by atoms with Crippen molar-refractivity contribution in [2.24, 2.45) is 4.99 Å². The van der Waals surface area contributed by atoms with Gasteiger partial charge in [0.1, 0.15) is 5.16 Å². The Hall–Kier alpha value is -3.63. The van der Waals surface area contributed by atoms with Crippen molar-refractivity contribution >= 4 is 46.5 Å². The van der Waals surface area contributed by atoms with Crippen molar-refractivity contribution in [3.05, 3.63) is 106 Å². The zero-order valence-corrected chi connectivity index (χ0v) is 20.5. The van der Waals surface area contributed by atoms with E-state index in [0.29, 0.717) is 16.7 Å².